The highest BCUT2D eigenvalue weighted by Crippen LogP contribution is 2.14. The molecule has 11 heteroatoms. The maximum atomic E-state index is 8.68. The SMILES string of the molecule is CCCCCCCCCCCCCCCCCCN(CCCOCCOCCOCCOCCO)CCCOCCOCCOCCOCCO. The van der Waals surface area contributed by atoms with Gasteiger partial charge in [0.1, 0.15) is 0 Å². The van der Waals surface area contributed by atoms with Gasteiger partial charge in [0.05, 0.1) is 106 Å². The summed E-state index contributed by atoms with van der Waals surface area (Å²) in [4.78, 5) is 2.58. The molecule has 51 heavy (non-hydrogen) atoms. The molecule has 0 aromatic rings. The Morgan fingerprint density at radius 3 is 0.804 bits per heavy atom. The third-order valence-corrected chi connectivity index (χ3v) is 8.56. The van der Waals surface area contributed by atoms with Gasteiger partial charge in [-0.15, -0.1) is 0 Å². The van der Waals surface area contributed by atoms with Crippen molar-refractivity contribution in [3.8, 4) is 0 Å². The molecule has 0 spiro atoms. The molecule has 2 N–H and O–H groups in total. The van der Waals surface area contributed by atoms with Crippen molar-refractivity contribution in [3.63, 3.8) is 0 Å². The lowest BCUT2D eigenvalue weighted by Crippen LogP contribution is -2.29. The molecule has 0 radical (unpaired) electrons. The monoisotopic (exact) mass is 738 g/mol. The predicted octanol–water partition coefficient (Wildman–Crippen LogP) is 6.45. The van der Waals surface area contributed by atoms with E-state index in [0.717, 1.165) is 45.7 Å². The van der Waals surface area contributed by atoms with E-state index in [4.69, 9.17) is 48.1 Å². The van der Waals surface area contributed by atoms with Crippen LogP contribution in [-0.4, -0.2) is 154 Å². The van der Waals surface area contributed by atoms with Gasteiger partial charge in [0.15, 0.2) is 0 Å². The van der Waals surface area contributed by atoms with Crippen molar-refractivity contribution in [1.29, 1.82) is 0 Å². The molecule has 0 aliphatic heterocycles. The first-order valence-corrected chi connectivity index (χ1v) is 20.9. The fraction of sp³-hybridized carbons (Fsp3) is 1.00. The summed E-state index contributed by atoms with van der Waals surface area (Å²) in [6.07, 6.45) is 24.3. The Morgan fingerprint density at radius 1 is 0.275 bits per heavy atom. The summed E-state index contributed by atoms with van der Waals surface area (Å²) < 4.78 is 44.0. The molecule has 0 aliphatic carbocycles. The zero-order valence-electron chi connectivity index (χ0n) is 33.2. The Labute approximate surface area is 313 Å². The molecule has 0 saturated heterocycles. The molecule has 0 aromatic carbocycles. The Balaban J connectivity index is 3.93. The summed E-state index contributed by atoms with van der Waals surface area (Å²) in [5.41, 5.74) is 0. The van der Waals surface area contributed by atoms with Crippen LogP contribution in [0.2, 0.25) is 0 Å². The van der Waals surface area contributed by atoms with Crippen LogP contribution in [0, 0.1) is 0 Å². The van der Waals surface area contributed by atoms with Gasteiger partial charge in [-0.1, -0.05) is 103 Å². The molecule has 11 nitrogen and oxygen atoms in total. The van der Waals surface area contributed by atoms with Crippen molar-refractivity contribution >= 4 is 0 Å². The number of aliphatic hydroxyl groups is 2. The molecule has 0 rings (SSSR count). The van der Waals surface area contributed by atoms with Gasteiger partial charge >= 0.3 is 0 Å². The minimum atomic E-state index is 0.0377. The lowest BCUT2D eigenvalue weighted by molar-refractivity contribution is -0.00699. The molecule has 0 amide bonds. The van der Waals surface area contributed by atoms with Crippen molar-refractivity contribution in [2.45, 2.75) is 122 Å². The highest BCUT2D eigenvalue weighted by molar-refractivity contribution is 4.60. The van der Waals surface area contributed by atoms with E-state index >= 15 is 0 Å². The highest BCUT2D eigenvalue weighted by Gasteiger charge is 2.06. The van der Waals surface area contributed by atoms with E-state index in [1.165, 1.54) is 103 Å². The van der Waals surface area contributed by atoms with Gasteiger partial charge in [-0.2, -0.15) is 0 Å². The first kappa shape index (κ1) is 50.6. The van der Waals surface area contributed by atoms with Crippen LogP contribution in [0.5, 0.6) is 0 Å². The largest absolute Gasteiger partial charge is 0.394 e. The zero-order chi connectivity index (χ0) is 36.8. The normalized spacial score (nSPS) is 11.8. The van der Waals surface area contributed by atoms with Crippen LogP contribution in [-0.2, 0) is 37.9 Å². The maximum Gasteiger partial charge on any atom is 0.0701 e. The van der Waals surface area contributed by atoms with Crippen LogP contribution in [0.1, 0.15) is 122 Å². The molecule has 0 heterocycles. The van der Waals surface area contributed by atoms with Crippen molar-refractivity contribution < 1.29 is 48.1 Å². The Bertz CT molecular complexity index is 576. The van der Waals surface area contributed by atoms with E-state index in [0.29, 0.717) is 92.5 Å². The quantitative estimate of drug-likeness (QED) is 0.0672. The second kappa shape index (κ2) is 47.6. The van der Waals surface area contributed by atoms with E-state index in [2.05, 4.69) is 11.8 Å². The van der Waals surface area contributed by atoms with E-state index in [1.54, 1.807) is 0 Å². The molecular formula is C40H83NO10. The summed E-state index contributed by atoms with van der Waals surface area (Å²) in [7, 11) is 0. The Kier molecular flexibility index (Phi) is 47.2. The van der Waals surface area contributed by atoms with Gasteiger partial charge < -0.3 is 53.0 Å². The van der Waals surface area contributed by atoms with Crippen molar-refractivity contribution in [1.82, 2.24) is 4.90 Å². The molecule has 308 valence electrons. The van der Waals surface area contributed by atoms with E-state index in [9.17, 15) is 0 Å². The number of nitrogens with zero attached hydrogens (tertiary/aromatic N) is 1. The number of rotatable bonds is 47. The maximum absolute atomic E-state index is 8.68. The number of unbranched alkanes of at least 4 members (excludes halogenated alkanes) is 15. The summed E-state index contributed by atoms with van der Waals surface area (Å²) in [6, 6.07) is 0. The third-order valence-electron chi connectivity index (χ3n) is 8.56. The third kappa shape index (κ3) is 45.6. The second-order valence-corrected chi connectivity index (χ2v) is 13.2. The van der Waals surface area contributed by atoms with Gasteiger partial charge in [-0.05, 0) is 25.8 Å². The van der Waals surface area contributed by atoms with Crippen LogP contribution in [0.15, 0.2) is 0 Å². The number of hydrogen-bond acceptors (Lipinski definition) is 11. The lowest BCUT2D eigenvalue weighted by Gasteiger charge is -2.22. The molecule has 0 fully saturated rings. The summed E-state index contributed by atoms with van der Waals surface area (Å²) >= 11 is 0. The van der Waals surface area contributed by atoms with Gasteiger partial charge in [0.2, 0.25) is 0 Å². The van der Waals surface area contributed by atoms with Crippen molar-refractivity contribution in [2.75, 3.05) is 139 Å². The van der Waals surface area contributed by atoms with Crippen LogP contribution in [0.3, 0.4) is 0 Å². The smallest absolute Gasteiger partial charge is 0.0701 e. The molecule has 0 unspecified atom stereocenters. The molecule has 0 aromatic heterocycles. The summed E-state index contributed by atoms with van der Waals surface area (Å²) in [5, 5.41) is 17.4. The Morgan fingerprint density at radius 2 is 0.510 bits per heavy atom. The van der Waals surface area contributed by atoms with Crippen LogP contribution < -0.4 is 0 Å². The van der Waals surface area contributed by atoms with E-state index in [1.807, 2.05) is 0 Å². The molecular weight excluding hydrogens is 654 g/mol. The number of ether oxygens (including phenoxy) is 8. The predicted molar refractivity (Wildman–Crippen MR) is 206 cm³/mol. The summed E-state index contributed by atoms with van der Waals surface area (Å²) in [5.74, 6) is 0. The van der Waals surface area contributed by atoms with Gasteiger partial charge in [0, 0.05) is 26.3 Å². The average molecular weight is 738 g/mol. The fourth-order valence-electron chi connectivity index (χ4n) is 5.65. The minimum Gasteiger partial charge on any atom is -0.394 e. The van der Waals surface area contributed by atoms with Crippen molar-refractivity contribution in [2.24, 2.45) is 0 Å². The average Bonchev–Trinajstić information content (AvgIpc) is 3.14. The fourth-order valence-corrected chi connectivity index (χ4v) is 5.65. The van der Waals surface area contributed by atoms with E-state index in [-0.39, 0.29) is 13.2 Å². The molecule has 0 atom stereocenters. The zero-order valence-corrected chi connectivity index (χ0v) is 33.2. The number of aliphatic hydroxyl groups excluding tert-OH is 2. The minimum absolute atomic E-state index is 0.0377. The first-order chi connectivity index (χ1) is 25.3. The number of hydrogen-bond donors (Lipinski definition) is 2. The first-order valence-electron chi connectivity index (χ1n) is 20.9. The van der Waals surface area contributed by atoms with Crippen LogP contribution >= 0.6 is 0 Å². The Hall–Kier alpha value is -0.440. The summed E-state index contributed by atoms with van der Waals surface area (Å²) in [6.45, 7) is 14.3. The van der Waals surface area contributed by atoms with Crippen LogP contribution in [0.4, 0.5) is 0 Å². The molecule has 0 bridgehead atoms. The highest BCUT2D eigenvalue weighted by atomic mass is 16.6. The molecule has 0 saturated carbocycles. The van der Waals surface area contributed by atoms with E-state index < -0.39 is 0 Å². The van der Waals surface area contributed by atoms with Crippen molar-refractivity contribution in [3.05, 3.63) is 0 Å². The molecule has 0 aliphatic rings. The lowest BCUT2D eigenvalue weighted by atomic mass is 10.0. The standard InChI is InChI=1S/C40H83NO10/c1-2-3-4-5-6-7-8-9-10-11-12-13-14-15-16-17-20-41(21-18-25-44-29-33-48-37-39-50-35-31-46-27-23-42)22-19-26-45-30-34-49-38-40-51-36-32-47-28-24-43/h42-43H,2-40H2,1H3. The van der Waals surface area contributed by atoms with Gasteiger partial charge in [0.25, 0.3) is 0 Å². The topological polar surface area (TPSA) is 118 Å². The van der Waals surface area contributed by atoms with Gasteiger partial charge in [-0.25, -0.2) is 0 Å². The van der Waals surface area contributed by atoms with Crippen LogP contribution in [0.25, 0.3) is 0 Å². The van der Waals surface area contributed by atoms with Gasteiger partial charge in [-0.3, -0.25) is 0 Å². The second-order valence-electron chi connectivity index (χ2n) is 13.2.